The fourth-order valence-corrected chi connectivity index (χ4v) is 3.66. The number of rotatable bonds is 7. The quantitative estimate of drug-likeness (QED) is 0.286. The first kappa shape index (κ1) is 23.6. The molecule has 1 atom stereocenters. The van der Waals surface area contributed by atoms with Gasteiger partial charge in [0.1, 0.15) is 11.1 Å². The number of amides is 4. The molecule has 1 aliphatic heterocycles. The van der Waals surface area contributed by atoms with Crippen molar-refractivity contribution in [3.8, 4) is 0 Å². The van der Waals surface area contributed by atoms with Gasteiger partial charge in [-0.15, -0.1) is 6.58 Å². The standard InChI is InChI=1S/C22H19ClN4O6/c1-3-10-25(21(30)14-4-9-17(23)18(11-14)27(32)33)19-12-20(29)26(22(19)31)16-7-5-15(6-8-16)24-13(2)28/h3-9,11,19H,1,10,12H2,2H3,(H,24,28). The molecule has 1 N–H and O–H groups in total. The van der Waals surface area contributed by atoms with Crippen molar-refractivity contribution in [2.75, 3.05) is 16.8 Å². The van der Waals surface area contributed by atoms with Crippen LogP contribution in [-0.4, -0.2) is 46.0 Å². The van der Waals surface area contributed by atoms with Crippen LogP contribution in [0.3, 0.4) is 0 Å². The molecule has 4 amide bonds. The molecule has 33 heavy (non-hydrogen) atoms. The van der Waals surface area contributed by atoms with Crippen molar-refractivity contribution in [3.63, 3.8) is 0 Å². The molecule has 0 saturated carbocycles. The Bertz CT molecular complexity index is 1160. The number of carbonyl (C=O) groups excluding carboxylic acids is 4. The summed E-state index contributed by atoms with van der Waals surface area (Å²) in [5.41, 5.74) is 0.284. The normalized spacial score (nSPS) is 15.3. The number of anilines is 2. The van der Waals surface area contributed by atoms with E-state index in [9.17, 15) is 29.3 Å². The molecule has 1 saturated heterocycles. The molecule has 170 valence electrons. The van der Waals surface area contributed by atoms with Gasteiger partial charge in [-0.1, -0.05) is 17.7 Å². The van der Waals surface area contributed by atoms with E-state index in [-0.39, 0.29) is 35.1 Å². The number of nitrogens with zero attached hydrogens (tertiary/aromatic N) is 3. The molecule has 0 aliphatic carbocycles. The number of hydrogen-bond donors (Lipinski definition) is 1. The Morgan fingerprint density at radius 1 is 1.27 bits per heavy atom. The van der Waals surface area contributed by atoms with Crippen LogP contribution in [0.4, 0.5) is 17.1 Å². The van der Waals surface area contributed by atoms with Crippen LogP contribution in [-0.2, 0) is 14.4 Å². The van der Waals surface area contributed by atoms with Crippen LogP contribution in [0.15, 0.2) is 55.1 Å². The number of nitrogens with one attached hydrogen (secondary N) is 1. The first-order valence-corrected chi connectivity index (χ1v) is 10.1. The highest BCUT2D eigenvalue weighted by Crippen LogP contribution is 2.29. The van der Waals surface area contributed by atoms with Gasteiger partial charge in [0, 0.05) is 30.8 Å². The minimum absolute atomic E-state index is 0.0497. The average molecular weight is 471 g/mol. The summed E-state index contributed by atoms with van der Waals surface area (Å²) in [4.78, 5) is 62.7. The summed E-state index contributed by atoms with van der Waals surface area (Å²) < 4.78 is 0. The fourth-order valence-electron chi connectivity index (χ4n) is 3.47. The molecular formula is C22H19ClN4O6. The van der Waals surface area contributed by atoms with Gasteiger partial charge in [0.2, 0.25) is 11.8 Å². The zero-order valence-corrected chi connectivity index (χ0v) is 18.2. The van der Waals surface area contributed by atoms with Gasteiger partial charge in [-0.05, 0) is 36.4 Å². The molecule has 2 aromatic carbocycles. The van der Waals surface area contributed by atoms with Crippen molar-refractivity contribution >= 4 is 52.3 Å². The third-order valence-corrected chi connectivity index (χ3v) is 5.24. The minimum Gasteiger partial charge on any atom is -0.326 e. The lowest BCUT2D eigenvalue weighted by atomic mass is 10.1. The summed E-state index contributed by atoms with van der Waals surface area (Å²) in [6, 6.07) is 8.55. The van der Waals surface area contributed by atoms with Crippen LogP contribution in [0.25, 0.3) is 0 Å². The maximum absolute atomic E-state index is 13.1. The number of hydrogen-bond acceptors (Lipinski definition) is 6. The van der Waals surface area contributed by atoms with Crippen LogP contribution < -0.4 is 10.2 Å². The zero-order valence-electron chi connectivity index (χ0n) is 17.5. The van der Waals surface area contributed by atoms with Gasteiger partial charge in [0.05, 0.1) is 17.0 Å². The highest BCUT2D eigenvalue weighted by molar-refractivity contribution is 6.32. The molecule has 11 heteroatoms. The van der Waals surface area contributed by atoms with Crippen molar-refractivity contribution in [2.45, 2.75) is 19.4 Å². The van der Waals surface area contributed by atoms with Gasteiger partial charge < -0.3 is 10.2 Å². The molecule has 3 rings (SSSR count). The Kier molecular flexibility index (Phi) is 6.88. The summed E-state index contributed by atoms with van der Waals surface area (Å²) >= 11 is 5.82. The summed E-state index contributed by atoms with van der Waals surface area (Å²) in [6.45, 7) is 4.89. The Hall–Kier alpha value is -4.05. The van der Waals surface area contributed by atoms with E-state index < -0.39 is 34.4 Å². The number of imide groups is 1. The van der Waals surface area contributed by atoms with Crippen LogP contribution >= 0.6 is 11.6 Å². The number of benzene rings is 2. The molecule has 0 spiro atoms. The maximum atomic E-state index is 13.1. The molecule has 2 aromatic rings. The number of carbonyl (C=O) groups is 4. The summed E-state index contributed by atoms with van der Waals surface area (Å²) in [6.07, 6.45) is 1.13. The highest BCUT2D eigenvalue weighted by atomic mass is 35.5. The van der Waals surface area contributed by atoms with Crippen molar-refractivity contribution in [1.29, 1.82) is 0 Å². The van der Waals surface area contributed by atoms with E-state index >= 15 is 0 Å². The van der Waals surface area contributed by atoms with E-state index in [1.165, 1.54) is 37.3 Å². The van der Waals surface area contributed by atoms with Crippen molar-refractivity contribution in [2.24, 2.45) is 0 Å². The number of nitro benzene ring substituents is 1. The SMILES string of the molecule is C=CCN(C(=O)c1ccc(Cl)c([N+](=O)[O-])c1)C1CC(=O)N(c2ccc(NC(C)=O)cc2)C1=O. The van der Waals surface area contributed by atoms with E-state index in [0.29, 0.717) is 5.69 Å². The van der Waals surface area contributed by atoms with E-state index in [4.69, 9.17) is 11.6 Å². The second-order valence-electron chi connectivity index (χ2n) is 7.18. The van der Waals surface area contributed by atoms with Gasteiger partial charge in [0.15, 0.2) is 0 Å². The highest BCUT2D eigenvalue weighted by Gasteiger charge is 2.44. The molecular weight excluding hydrogens is 452 g/mol. The van der Waals surface area contributed by atoms with Gasteiger partial charge >= 0.3 is 0 Å². The topological polar surface area (TPSA) is 130 Å². The van der Waals surface area contributed by atoms with Crippen molar-refractivity contribution in [1.82, 2.24) is 4.90 Å². The lowest BCUT2D eigenvalue weighted by Crippen LogP contribution is -2.45. The monoisotopic (exact) mass is 470 g/mol. The van der Waals surface area contributed by atoms with E-state index in [0.717, 1.165) is 15.9 Å². The summed E-state index contributed by atoms with van der Waals surface area (Å²) in [5.74, 6) is -2.08. The molecule has 1 aliphatic rings. The van der Waals surface area contributed by atoms with Crippen LogP contribution in [0.2, 0.25) is 5.02 Å². The Balaban J connectivity index is 1.89. The largest absolute Gasteiger partial charge is 0.326 e. The molecule has 10 nitrogen and oxygen atoms in total. The van der Waals surface area contributed by atoms with Crippen molar-refractivity contribution in [3.05, 3.63) is 75.8 Å². The minimum atomic E-state index is -1.12. The van der Waals surface area contributed by atoms with Crippen LogP contribution in [0.1, 0.15) is 23.7 Å². The molecule has 1 fully saturated rings. The first-order chi connectivity index (χ1) is 15.6. The Labute approximate surface area is 193 Å². The third kappa shape index (κ3) is 4.90. The predicted octanol–water partition coefficient (Wildman–Crippen LogP) is 3.17. The van der Waals surface area contributed by atoms with Crippen molar-refractivity contribution < 1.29 is 24.1 Å². The van der Waals surface area contributed by atoms with E-state index in [1.807, 2.05) is 0 Å². The van der Waals surface area contributed by atoms with E-state index in [1.54, 1.807) is 12.1 Å². The maximum Gasteiger partial charge on any atom is 0.288 e. The van der Waals surface area contributed by atoms with Gasteiger partial charge in [-0.25, -0.2) is 4.90 Å². The molecule has 0 bridgehead atoms. The number of halogens is 1. The summed E-state index contributed by atoms with van der Waals surface area (Å²) in [7, 11) is 0. The van der Waals surface area contributed by atoms with Gasteiger partial charge in [0.25, 0.3) is 17.5 Å². The zero-order chi connectivity index (χ0) is 24.3. The average Bonchev–Trinajstić information content (AvgIpc) is 3.05. The van der Waals surface area contributed by atoms with Gasteiger partial charge in [-0.2, -0.15) is 0 Å². The fraction of sp³-hybridized carbons (Fsp3) is 0.182. The molecule has 1 unspecified atom stereocenters. The molecule has 0 aromatic heterocycles. The predicted molar refractivity (Wildman–Crippen MR) is 121 cm³/mol. The molecule has 0 radical (unpaired) electrons. The summed E-state index contributed by atoms with van der Waals surface area (Å²) in [5, 5.41) is 13.6. The Morgan fingerprint density at radius 3 is 2.52 bits per heavy atom. The van der Waals surface area contributed by atoms with E-state index in [2.05, 4.69) is 11.9 Å². The third-order valence-electron chi connectivity index (χ3n) is 4.92. The smallest absolute Gasteiger partial charge is 0.288 e. The lowest BCUT2D eigenvalue weighted by Gasteiger charge is -2.26. The van der Waals surface area contributed by atoms with Crippen LogP contribution in [0, 0.1) is 10.1 Å². The Morgan fingerprint density at radius 2 is 1.94 bits per heavy atom. The molecule has 1 heterocycles. The van der Waals surface area contributed by atoms with Crippen LogP contribution in [0.5, 0.6) is 0 Å². The second kappa shape index (κ2) is 9.61. The second-order valence-corrected chi connectivity index (χ2v) is 7.59. The van der Waals surface area contributed by atoms with Gasteiger partial charge in [-0.3, -0.25) is 29.3 Å². The lowest BCUT2D eigenvalue weighted by molar-refractivity contribution is -0.384. The first-order valence-electron chi connectivity index (χ1n) is 9.74. The number of nitro groups is 1.